The molecular weight excluding hydrogens is 484 g/mol. The van der Waals surface area contributed by atoms with E-state index in [2.05, 4.69) is 67.2 Å². The lowest BCUT2D eigenvalue weighted by Gasteiger charge is -2.36. The molecule has 4 aromatic heterocycles. The van der Waals surface area contributed by atoms with Gasteiger partial charge in [0, 0.05) is 35.0 Å². The highest BCUT2D eigenvalue weighted by Gasteiger charge is 2.37. The van der Waals surface area contributed by atoms with Crippen LogP contribution in [0.3, 0.4) is 0 Å². The first-order valence-corrected chi connectivity index (χ1v) is 15.3. The summed E-state index contributed by atoms with van der Waals surface area (Å²) >= 11 is 0. The van der Waals surface area contributed by atoms with Gasteiger partial charge in [0.15, 0.2) is 14.0 Å². The van der Waals surface area contributed by atoms with Gasteiger partial charge in [0.2, 0.25) is 0 Å². The second-order valence-electron chi connectivity index (χ2n) is 11.8. The molecule has 37 heavy (non-hydrogen) atoms. The molecule has 0 aliphatic heterocycles. The first kappa shape index (κ1) is 26.7. The maximum absolute atomic E-state index is 12.2. The average Bonchev–Trinajstić information content (AvgIpc) is 3.26. The summed E-state index contributed by atoms with van der Waals surface area (Å²) in [4.78, 5) is 25.8. The predicted molar refractivity (Wildman–Crippen MR) is 148 cm³/mol. The normalized spacial score (nSPS) is 12.8. The quantitative estimate of drug-likeness (QED) is 0.299. The van der Waals surface area contributed by atoms with E-state index in [0.29, 0.717) is 18.1 Å². The summed E-state index contributed by atoms with van der Waals surface area (Å²) in [6, 6.07) is 5.86. The molecule has 196 valence electrons. The number of rotatable bonds is 5. The van der Waals surface area contributed by atoms with Gasteiger partial charge in [-0.05, 0) is 63.5 Å². The molecule has 0 radical (unpaired) electrons. The van der Waals surface area contributed by atoms with Gasteiger partial charge in [-0.2, -0.15) is 5.10 Å². The van der Waals surface area contributed by atoms with Gasteiger partial charge >= 0.3 is 6.09 Å². The Balaban J connectivity index is 1.66. The van der Waals surface area contributed by atoms with Crippen molar-refractivity contribution >= 4 is 36.8 Å². The van der Waals surface area contributed by atoms with Crippen LogP contribution in [0.2, 0.25) is 18.1 Å². The van der Waals surface area contributed by atoms with E-state index < -0.39 is 20.0 Å². The zero-order valence-electron chi connectivity index (χ0n) is 23.1. The van der Waals surface area contributed by atoms with Crippen molar-refractivity contribution in [2.45, 2.75) is 78.8 Å². The second kappa shape index (κ2) is 9.49. The zero-order chi connectivity index (χ0) is 27.2. The maximum Gasteiger partial charge on any atom is 0.413 e. The molecule has 10 heteroatoms. The van der Waals surface area contributed by atoms with E-state index in [1.807, 2.05) is 33.0 Å². The van der Waals surface area contributed by atoms with Crippen molar-refractivity contribution in [3.8, 4) is 11.1 Å². The van der Waals surface area contributed by atoms with Crippen molar-refractivity contribution in [1.82, 2.24) is 24.6 Å². The highest BCUT2D eigenvalue weighted by molar-refractivity contribution is 6.74. The van der Waals surface area contributed by atoms with E-state index in [-0.39, 0.29) is 5.04 Å². The van der Waals surface area contributed by atoms with Crippen molar-refractivity contribution in [1.29, 1.82) is 0 Å². The van der Waals surface area contributed by atoms with E-state index in [1.165, 1.54) is 6.33 Å². The van der Waals surface area contributed by atoms with Crippen molar-refractivity contribution in [2.24, 2.45) is 0 Å². The summed E-state index contributed by atoms with van der Waals surface area (Å²) in [5.41, 5.74) is 4.70. The number of nitrogens with zero attached hydrogens (tertiary/aromatic N) is 5. The average molecular weight is 521 g/mol. The Morgan fingerprint density at radius 3 is 2.38 bits per heavy atom. The number of amides is 1. The number of hydrogen-bond acceptors (Lipinski definition) is 7. The van der Waals surface area contributed by atoms with Crippen LogP contribution in [0.15, 0.2) is 36.9 Å². The second-order valence-corrected chi connectivity index (χ2v) is 16.7. The summed E-state index contributed by atoms with van der Waals surface area (Å²) in [6.45, 7) is 19.2. The third-order valence-electron chi connectivity index (χ3n) is 6.70. The molecule has 0 unspecified atom stereocenters. The number of pyridine rings is 3. The Labute approximate surface area is 218 Å². The van der Waals surface area contributed by atoms with Crippen LogP contribution in [-0.2, 0) is 15.8 Å². The minimum atomic E-state index is -1.87. The number of carbonyl (C=O) groups is 1. The summed E-state index contributed by atoms with van der Waals surface area (Å²) in [7, 11) is -1.87. The standard InChI is InChI=1S/C27H36N6O3Si/c1-17-10-19(15-35-37(8,9)27(5,6)7)28-14-21(17)20-11-18-13-29-23(32-25(34)36-26(2,3)4)12-22(18)33-24(20)30-16-31-33/h10-14,16H,15H2,1-9H3,(H,29,32,34). The molecule has 0 fully saturated rings. The lowest BCUT2D eigenvalue weighted by Crippen LogP contribution is -2.40. The number of nitrogens with one attached hydrogen (secondary N) is 1. The Morgan fingerprint density at radius 2 is 1.73 bits per heavy atom. The van der Waals surface area contributed by atoms with E-state index in [1.54, 1.807) is 16.8 Å². The third-order valence-corrected chi connectivity index (χ3v) is 11.2. The number of ether oxygens (including phenoxy) is 1. The Morgan fingerprint density at radius 1 is 1.00 bits per heavy atom. The molecule has 0 aromatic carbocycles. The number of aromatic nitrogens is 5. The van der Waals surface area contributed by atoms with Crippen LogP contribution in [0.1, 0.15) is 52.8 Å². The maximum atomic E-state index is 12.2. The smallest absolute Gasteiger partial charge is 0.413 e. The molecule has 9 nitrogen and oxygen atoms in total. The summed E-state index contributed by atoms with van der Waals surface area (Å²) < 4.78 is 13.5. The lowest BCUT2D eigenvalue weighted by molar-refractivity contribution is 0.0635. The number of hydrogen-bond donors (Lipinski definition) is 1. The van der Waals surface area contributed by atoms with Crippen LogP contribution in [-0.4, -0.2) is 44.6 Å². The van der Waals surface area contributed by atoms with Crippen LogP contribution in [0, 0.1) is 6.92 Å². The van der Waals surface area contributed by atoms with Crippen LogP contribution >= 0.6 is 0 Å². The molecule has 0 saturated carbocycles. The van der Waals surface area contributed by atoms with E-state index in [4.69, 9.17) is 14.1 Å². The van der Waals surface area contributed by atoms with Crippen LogP contribution in [0.4, 0.5) is 10.6 Å². The van der Waals surface area contributed by atoms with E-state index in [0.717, 1.165) is 33.3 Å². The molecule has 0 aliphatic carbocycles. The van der Waals surface area contributed by atoms with Crippen molar-refractivity contribution in [3.63, 3.8) is 0 Å². The molecule has 1 N–H and O–H groups in total. The third kappa shape index (κ3) is 5.80. The van der Waals surface area contributed by atoms with Crippen LogP contribution < -0.4 is 5.32 Å². The molecule has 0 bridgehead atoms. The summed E-state index contributed by atoms with van der Waals surface area (Å²) in [6.07, 6.45) is 4.53. The first-order chi connectivity index (χ1) is 17.1. The molecule has 0 saturated heterocycles. The van der Waals surface area contributed by atoms with Gasteiger partial charge in [0.05, 0.1) is 17.8 Å². The van der Waals surface area contributed by atoms with Crippen molar-refractivity contribution in [2.75, 3.05) is 5.32 Å². The number of fused-ring (bicyclic) bond motifs is 3. The van der Waals surface area contributed by atoms with Gasteiger partial charge in [-0.3, -0.25) is 10.3 Å². The number of carbonyl (C=O) groups excluding carboxylic acids is 1. The van der Waals surface area contributed by atoms with E-state index >= 15 is 0 Å². The lowest BCUT2D eigenvalue weighted by atomic mass is 10.0. The highest BCUT2D eigenvalue weighted by atomic mass is 28.4. The van der Waals surface area contributed by atoms with Gasteiger partial charge in [0.25, 0.3) is 0 Å². The fourth-order valence-corrected chi connectivity index (χ4v) is 4.63. The molecule has 0 spiro atoms. The number of anilines is 1. The van der Waals surface area contributed by atoms with E-state index in [9.17, 15) is 4.79 Å². The van der Waals surface area contributed by atoms with Crippen LogP contribution in [0.25, 0.3) is 27.7 Å². The largest absolute Gasteiger partial charge is 0.444 e. The summed E-state index contributed by atoms with van der Waals surface area (Å²) in [5, 5.41) is 8.12. The zero-order valence-corrected chi connectivity index (χ0v) is 24.1. The highest BCUT2D eigenvalue weighted by Crippen LogP contribution is 2.37. The Bertz CT molecular complexity index is 1470. The van der Waals surface area contributed by atoms with Gasteiger partial charge in [0.1, 0.15) is 17.7 Å². The first-order valence-electron chi connectivity index (χ1n) is 12.4. The molecule has 0 aliphatic rings. The fraction of sp³-hybridized carbons (Fsp3) is 0.444. The SMILES string of the molecule is Cc1cc(CO[Si](C)(C)C(C)(C)C)ncc1-c1cc2cnc(NC(=O)OC(C)(C)C)cc2n2ncnc12. The van der Waals surface area contributed by atoms with Gasteiger partial charge < -0.3 is 9.16 Å². The Kier molecular flexibility index (Phi) is 6.85. The van der Waals surface area contributed by atoms with Gasteiger partial charge in [-0.25, -0.2) is 19.3 Å². The van der Waals surface area contributed by atoms with Gasteiger partial charge in [-0.15, -0.1) is 0 Å². The van der Waals surface area contributed by atoms with Crippen LogP contribution in [0.5, 0.6) is 0 Å². The fourth-order valence-electron chi connectivity index (χ4n) is 3.69. The minimum Gasteiger partial charge on any atom is -0.444 e. The molecule has 1 amide bonds. The van der Waals surface area contributed by atoms with Gasteiger partial charge in [-0.1, -0.05) is 20.8 Å². The Hall–Kier alpha value is -3.37. The van der Waals surface area contributed by atoms with Crippen molar-refractivity contribution < 1.29 is 14.0 Å². The van der Waals surface area contributed by atoms with Crippen molar-refractivity contribution in [3.05, 3.63) is 48.2 Å². The molecular formula is C27H36N6O3Si. The molecule has 4 aromatic rings. The topological polar surface area (TPSA) is 104 Å². The molecule has 4 heterocycles. The molecule has 0 atom stereocenters. The molecule has 4 rings (SSSR count). The predicted octanol–water partition coefficient (Wildman–Crippen LogP) is 6.52. The number of aryl methyl sites for hydroxylation is 1. The minimum absolute atomic E-state index is 0.142. The monoisotopic (exact) mass is 520 g/mol. The summed E-state index contributed by atoms with van der Waals surface area (Å²) in [5.74, 6) is 0.371.